The van der Waals surface area contributed by atoms with Crippen LogP contribution in [-0.4, -0.2) is 6.61 Å². The third-order valence-corrected chi connectivity index (χ3v) is 4.32. The Kier molecular flexibility index (Phi) is 4.10. The van der Waals surface area contributed by atoms with Crippen molar-refractivity contribution >= 4 is 5.76 Å². The maximum atomic E-state index is 6.05. The van der Waals surface area contributed by atoms with E-state index < -0.39 is 0 Å². The summed E-state index contributed by atoms with van der Waals surface area (Å²) in [5.74, 6) is 2.57. The van der Waals surface area contributed by atoms with Crippen molar-refractivity contribution in [3.8, 4) is 0 Å². The molecule has 0 bridgehead atoms. The van der Waals surface area contributed by atoms with Crippen LogP contribution < -0.4 is 0 Å². The van der Waals surface area contributed by atoms with E-state index in [-0.39, 0.29) is 0 Å². The van der Waals surface area contributed by atoms with Crippen molar-refractivity contribution in [2.24, 2.45) is 11.8 Å². The van der Waals surface area contributed by atoms with Crippen LogP contribution in [0.5, 0.6) is 0 Å². The van der Waals surface area contributed by atoms with Gasteiger partial charge in [-0.3, -0.25) is 0 Å². The normalized spacial score (nSPS) is 21.8. The molecule has 21 heavy (non-hydrogen) atoms. The Balaban J connectivity index is 1.98. The Morgan fingerprint density at radius 1 is 0.905 bits per heavy atom. The zero-order valence-corrected chi connectivity index (χ0v) is 12.7. The first kappa shape index (κ1) is 13.9. The quantitative estimate of drug-likeness (QED) is 0.757. The van der Waals surface area contributed by atoms with Gasteiger partial charge >= 0.3 is 0 Å². The summed E-state index contributed by atoms with van der Waals surface area (Å²) in [6.07, 6.45) is 2.30. The second-order valence-electron chi connectivity index (χ2n) is 6.05. The molecular formula is C20H22O. The van der Waals surface area contributed by atoms with Crippen molar-refractivity contribution in [1.29, 1.82) is 0 Å². The molecule has 2 atom stereocenters. The maximum absolute atomic E-state index is 6.05. The summed E-state index contributed by atoms with van der Waals surface area (Å²) in [6.45, 7) is 5.36. The van der Waals surface area contributed by atoms with E-state index in [1.54, 1.807) is 0 Å². The van der Waals surface area contributed by atoms with E-state index >= 15 is 0 Å². The first-order valence-electron chi connectivity index (χ1n) is 7.70. The van der Waals surface area contributed by atoms with E-state index in [4.69, 9.17) is 4.74 Å². The van der Waals surface area contributed by atoms with Gasteiger partial charge in [0.15, 0.2) is 0 Å². The lowest BCUT2D eigenvalue weighted by Gasteiger charge is -2.33. The zero-order valence-electron chi connectivity index (χ0n) is 12.7. The molecule has 2 aromatic rings. The Labute approximate surface area is 127 Å². The van der Waals surface area contributed by atoms with Crippen LogP contribution in [0.25, 0.3) is 5.76 Å². The van der Waals surface area contributed by atoms with Crippen molar-refractivity contribution in [2.45, 2.75) is 19.8 Å². The average Bonchev–Trinajstić information content (AvgIpc) is 2.56. The van der Waals surface area contributed by atoms with Crippen molar-refractivity contribution in [1.82, 2.24) is 0 Å². The number of allylic oxidation sites excluding steroid dienone is 1. The molecule has 0 N–H and O–H groups in total. The SMILES string of the molecule is CC(C)[C@@H]1COC(c2ccccc2)=C[C@H]1c1ccccc1. The van der Waals surface area contributed by atoms with E-state index in [2.05, 4.69) is 74.5 Å². The molecular weight excluding hydrogens is 256 g/mol. The summed E-state index contributed by atoms with van der Waals surface area (Å²) in [4.78, 5) is 0. The monoisotopic (exact) mass is 278 g/mol. The number of hydrogen-bond donors (Lipinski definition) is 0. The summed E-state index contributed by atoms with van der Waals surface area (Å²) in [5, 5.41) is 0. The largest absolute Gasteiger partial charge is 0.493 e. The van der Waals surface area contributed by atoms with Crippen LogP contribution in [0.3, 0.4) is 0 Å². The predicted molar refractivity (Wildman–Crippen MR) is 87.9 cm³/mol. The van der Waals surface area contributed by atoms with Crippen LogP contribution >= 0.6 is 0 Å². The standard InChI is InChI=1S/C20H22O/c1-15(2)19-14-21-20(17-11-7-4-8-12-17)13-18(19)16-9-5-3-6-10-16/h3-13,15,18-19H,14H2,1-2H3/t18-,19-/m0/s1. The number of hydrogen-bond acceptors (Lipinski definition) is 1. The van der Waals surface area contributed by atoms with E-state index in [1.807, 2.05) is 6.07 Å². The van der Waals surface area contributed by atoms with Gasteiger partial charge in [0.05, 0.1) is 6.61 Å². The highest BCUT2D eigenvalue weighted by atomic mass is 16.5. The van der Waals surface area contributed by atoms with Crippen molar-refractivity contribution in [2.75, 3.05) is 6.61 Å². The van der Waals surface area contributed by atoms with Crippen LogP contribution in [0.1, 0.15) is 30.9 Å². The lowest BCUT2D eigenvalue weighted by Crippen LogP contribution is -2.26. The molecule has 0 unspecified atom stereocenters. The van der Waals surface area contributed by atoms with Crippen LogP contribution in [0.15, 0.2) is 66.7 Å². The fourth-order valence-electron chi connectivity index (χ4n) is 3.03. The van der Waals surface area contributed by atoms with Gasteiger partial charge in [-0.1, -0.05) is 74.5 Å². The second kappa shape index (κ2) is 6.17. The molecule has 1 aliphatic heterocycles. The van der Waals surface area contributed by atoms with E-state index in [0.717, 1.165) is 12.4 Å². The van der Waals surface area contributed by atoms with Crippen LogP contribution in [0.4, 0.5) is 0 Å². The van der Waals surface area contributed by atoms with Gasteiger partial charge in [-0.25, -0.2) is 0 Å². The molecule has 0 amide bonds. The summed E-state index contributed by atoms with van der Waals surface area (Å²) >= 11 is 0. The van der Waals surface area contributed by atoms with Crippen molar-refractivity contribution in [3.63, 3.8) is 0 Å². The summed E-state index contributed by atoms with van der Waals surface area (Å²) in [6, 6.07) is 21.2. The van der Waals surface area contributed by atoms with Gasteiger partial charge in [-0.05, 0) is 17.6 Å². The molecule has 0 aliphatic carbocycles. The second-order valence-corrected chi connectivity index (χ2v) is 6.05. The Bertz CT molecular complexity index is 598. The topological polar surface area (TPSA) is 9.23 Å². The number of ether oxygens (including phenoxy) is 1. The first-order valence-corrected chi connectivity index (χ1v) is 7.70. The van der Waals surface area contributed by atoms with Gasteiger partial charge in [-0.2, -0.15) is 0 Å². The highest BCUT2D eigenvalue weighted by molar-refractivity contribution is 5.61. The number of benzene rings is 2. The molecule has 3 rings (SSSR count). The summed E-state index contributed by atoms with van der Waals surface area (Å²) in [5.41, 5.74) is 2.55. The molecule has 0 saturated carbocycles. The number of rotatable bonds is 3. The minimum absolute atomic E-state index is 0.426. The third kappa shape index (κ3) is 3.02. The molecule has 0 fully saturated rings. The maximum Gasteiger partial charge on any atom is 0.123 e. The predicted octanol–water partition coefficient (Wildman–Crippen LogP) is 5.11. The van der Waals surface area contributed by atoms with Crippen LogP contribution in [-0.2, 0) is 4.74 Å². The molecule has 2 aromatic carbocycles. The van der Waals surface area contributed by atoms with Crippen molar-refractivity contribution in [3.05, 3.63) is 77.9 Å². The average molecular weight is 278 g/mol. The van der Waals surface area contributed by atoms with E-state index in [0.29, 0.717) is 17.8 Å². The molecule has 0 saturated heterocycles. The lowest BCUT2D eigenvalue weighted by molar-refractivity contribution is 0.153. The fourth-order valence-corrected chi connectivity index (χ4v) is 3.03. The molecule has 1 aliphatic rings. The zero-order chi connectivity index (χ0) is 14.7. The van der Waals surface area contributed by atoms with Gasteiger partial charge in [0.2, 0.25) is 0 Å². The third-order valence-electron chi connectivity index (χ3n) is 4.32. The van der Waals surface area contributed by atoms with E-state index in [1.165, 1.54) is 11.1 Å². The first-order chi connectivity index (χ1) is 10.3. The molecule has 0 spiro atoms. The molecule has 1 nitrogen and oxygen atoms in total. The van der Waals surface area contributed by atoms with Gasteiger partial charge in [0.25, 0.3) is 0 Å². The van der Waals surface area contributed by atoms with Gasteiger partial charge in [0, 0.05) is 17.4 Å². The highest BCUT2D eigenvalue weighted by Crippen LogP contribution is 2.38. The van der Waals surface area contributed by atoms with Gasteiger partial charge in [-0.15, -0.1) is 0 Å². The Hall–Kier alpha value is -2.02. The molecule has 0 radical (unpaired) electrons. The van der Waals surface area contributed by atoms with Gasteiger partial charge in [0.1, 0.15) is 5.76 Å². The minimum atomic E-state index is 0.426. The van der Waals surface area contributed by atoms with Gasteiger partial charge < -0.3 is 4.74 Å². The highest BCUT2D eigenvalue weighted by Gasteiger charge is 2.29. The summed E-state index contributed by atoms with van der Waals surface area (Å²) < 4.78 is 6.05. The molecule has 0 aromatic heterocycles. The van der Waals surface area contributed by atoms with Crippen molar-refractivity contribution < 1.29 is 4.74 Å². The summed E-state index contributed by atoms with van der Waals surface area (Å²) in [7, 11) is 0. The Morgan fingerprint density at radius 2 is 1.52 bits per heavy atom. The molecule has 1 heterocycles. The minimum Gasteiger partial charge on any atom is -0.493 e. The van der Waals surface area contributed by atoms with Crippen LogP contribution in [0, 0.1) is 11.8 Å². The van der Waals surface area contributed by atoms with E-state index in [9.17, 15) is 0 Å². The fraction of sp³-hybridized carbons (Fsp3) is 0.300. The molecule has 108 valence electrons. The Morgan fingerprint density at radius 3 is 2.14 bits per heavy atom. The van der Waals surface area contributed by atoms with Crippen LogP contribution in [0.2, 0.25) is 0 Å². The molecule has 1 heteroatoms. The smallest absolute Gasteiger partial charge is 0.123 e. The lowest BCUT2D eigenvalue weighted by atomic mass is 9.78.